The third-order valence-electron chi connectivity index (χ3n) is 2.40. The standard InChI is InChI=1S/C10H9BrF2/c11-8-5-1-3-7-4-2-6-10(12,13)9(7)8/h1,3,5H,2,4,6H2. The minimum atomic E-state index is -2.65. The second-order valence-corrected chi connectivity index (χ2v) is 4.19. The highest BCUT2D eigenvalue weighted by Crippen LogP contribution is 2.43. The quantitative estimate of drug-likeness (QED) is 0.652. The molecule has 0 amide bonds. The van der Waals surface area contributed by atoms with Crippen LogP contribution in [-0.4, -0.2) is 0 Å². The normalized spacial score (nSPS) is 19.6. The summed E-state index contributed by atoms with van der Waals surface area (Å²) in [5, 5.41) is 0. The lowest BCUT2D eigenvalue weighted by Crippen LogP contribution is -2.21. The molecule has 1 aromatic rings. The zero-order valence-electron chi connectivity index (χ0n) is 6.99. The average molecular weight is 247 g/mol. The summed E-state index contributed by atoms with van der Waals surface area (Å²) in [7, 11) is 0. The van der Waals surface area contributed by atoms with Crippen molar-refractivity contribution in [2.45, 2.75) is 25.2 Å². The van der Waals surface area contributed by atoms with Gasteiger partial charge in [-0.2, -0.15) is 0 Å². The Hall–Kier alpha value is -0.440. The molecule has 0 radical (unpaired) electrons. The third kappa shape index (κ3) is 1.50. The van der Waals surface area contributed by atoms with Gasteiger partial charge in [0.05, 0.1) is 0 Å². The van der Waals surface area contributed by atoms with Gasteiger partial charge in [0.1, 0.15) is 0 Å². The van der Waals surface area contributed by atoms with E-state index in [0.717, 1.165) is 12.0 Å². The van der Waals surface area contributed by atoms with Crippen LogP contribution in [0.4, 0.5) is 8.78 Å². The van der Waals surface area contributed by atoms with Crippen LogP contribution in [0.15, 0.2) is 22.7 Å². The highest BCUT2D eigenvalue weighted by atomic mass is 79.9. The van der Waals surface area contributed by atoms with Crippen molar-refractivity contribution in [2.24, 2.45) is 0 Å². The van der Waals surface area contributed by atoms with Gasteiger partial charge in [0.2, 0.25) is 0 Å². The van der Waals surface area contributed by atoms with Gasteiger partial charge in [0.25, 0.3) is 5.92 Å². The van der Waals surface area contributed by atoms with Gasteiger partial charge in [0.15, 0.2) is 0 Å². The fourth-order valence-electron chi connectivity index (χ4n) is 1.81. The average Bonchev–Trinajstić information content (AvgIpc) is 2.02. The lowest BCUT2D eigenvalue weighted by Gasteiger charge is -2.26. The van der Waals surface area contributed by atoms with Crippen molar-refractivity contribution in [1.82, 2.24) is 0 Å². The molecular weight excluding hydrogens is 238 g/mol. The van der Waals surface area contributed by atoms with E-state index < -0.39 is 5.92 Å². The van der Waals surface area contributed by atoms with E-state index in [-0.39, 0.29) is 12.0 Å². The van der Waals surface area contributed by atoms with E-state index in [1.54, 1.807) is 12.1 Å². The Morgan fingerprint density at radius 1 is 1.31 bits per heavy atom. The van der Waals surface area contributed by atoms with Crippen molar-refractivity contribution in [3.63, 3.8) is 0 Å². The molecule has 0 fully saturated rings. The summed E-state index contributed by atoms with van der Waals surface area (Å²) in [6, 6.07) is 5.27. The highest BCUT2D eigenvalue weighted by molar-refractivity contribution is 9.10. The minimum Gasteiger partial charge on any atom is -0.201 e. The zero-order valence-corrected chi connectivity index (χ0v) is 8.57. The van der Waals surface area contributed by atoms with Gasteiger partial charge < -0.3 is 0 Å². The Balaban J connectivity index is 2.61. The second kappa shape index (κ2) is 3.05. The molecule has 0 N–H and O–H groups in total. The fraction of sp³-hybridized carbons (Fsp3) is 0.400. The summed E-state index contributed by atoms with van der Waals surface area (Å²) in [4.78, 5) is 0. The number of benzene rings is 1. The van der Waals surface area contributed by atoms with E-state index in [0.29, 0.717) is 10.9 Å². The summed E-state index contributed by atoms with van der Waals surface area (Å²) >= 11 is 3.18. The first-order valence-electron chi connectivity index (χ1n) is 4.27. The van der Waals surface area contributed by atoms with E-state index >= 15 is 0 Å². The predicted molar refractivity (Wildman–Crippen MR) is 51.0 cm³/mol. The molecule has 0 atom stereocenters. The predicted octanol–water partition coefficient (Wildman–Crippen LogP) is 3.88. The van der Waals surface area contributed by atoms with Crippen LogP contribution >= 0.6 is 15.9 Å². The number of hydrogen-bond donors (Lipinski definition) is 0. The van der Waals surface area contributed by atoms with Crippen molar-refractivity contribution in [2.75, 3.05) is 0 Å². The topological polar surface area (TPSA) is 0 Å². The smallest absolute Gasteiger partial charge is 0.201 e. The van der Waals surface area contributed by atoms with Gasteiger partial charge in [-0.25, -0.2) is 8.78 Å². The van der Waals surface area contributed by atoms with Crippen molar-refractivity contribution in [3.05, 3.63) is 33.8 Å². The maximum atomic E-state index is 13.4. The molecule has 0 bridgehead atoms. The maximum Gasteiger partial charge on any atom is 0.274 e. The molecule has 3 heteroatoms. The minimum absolute atomic E-state index is 0.0252. The number of rotatable bonds is 0. The van der Waals surface area contributed by atoms with E-state index in [1.807, 2.05) is 6.07 Å². The van der Waals surface area contributed by atoms with Crippen LogP contribution < -0.4 is 0 Å². The van der Waals surface area contributed by atoms with Gasteiger partial charge in [0, 0.05) is 16.5 Å². The number of alkyl halides is 2. The Morgan fingerprint density at radius 3 is 2.77 bits per heavy atom. The Bertz CT molecular complexity index is 334. The summed E-state index contributed by atoms with van der Waals surface area (Å²) in [6.07, 6.45) is 1.32. The monoisotopic (exact) mass is 246 g/mol. The zero-order chi connectivity index (χ0) is 9.47. The van der Waals surface area contributed by atoms with Crippen molar-refractivity contribution >= 4 is 15.9 Å². The van der Waals surface area contributed by atoms with Crippen LogP contribution in [0.25, 0.3) is 0 Å². The molecule has 0 heterocycles. The molecule has 13 heavy (non-hydrogen) atoms. The molecule has 70 valence electrons. The van der Waals surface area contributed by atoms with E-state index in [4.69, 9.17) is 0 Å². The SMILES string of the molecule is FC1(F)CCCc2cccc(Br)c21. The summed E-state index contributed by atoms with van der Waals surface area (Å²) in [5.41, 5.74) is 0.979. The van der Waals surface area contributed by atoms with Crippen LogP contribution in [0, 0.1) is 0 Å². The molecule has 1 aliphatic rings. The number of fused-ring (bicyclic) bond motifs is 1. The van der Waals surface area contributed by atoms with Crippen molar-refractivity contribution in [1.29, 1.82) is 0 Å². The third-order valence-corrected chi connectivity index (χ3v) is 3.06. The Kier molecular flexibility index (Phi) is 2.14. The van der Waals surface area contributed by atoms with Crippen LogP contribution in [0.2, 0.25) is 0 Å². The fourth-order valence-corrected chi connectivity index (χ4v) is 2.51. The number of aryl methyl sites for hydroxylation is 1. The molecule has 0 spiro atoms. The Labute approximate surface area is 84.1 Å². The lowest BCUT2D eigenvalue weighted by atomic mass is 9.89. The molecule has 0 unspecified atom stereocenters. The van der Waals surface area contributed by atoms with Gasteiger partial charge in [-0.15, -0.1) is 0 Å². The first-order chi connectivity index (χ1) is 6.11. The molecule has 0 nitrogen and oxygen atoms in total. The van der Waals surface area contributed by atoms with Crippen LogP contribution in [0.5, 0.6) is 0 Å². The summed E-state index contributed by atoms with van der Waals surface area (Å²) < 4.78 is 27.4. The first kappa shape index (κ1) is 9.13. The van der Waals surface area contributed by atoms with Crippen LogP contribution in [0.1, 0.15) is 24.0 Å². The summed E-state index contributed by atoms with van der Waals surface area (Å²) in [5.74, 6) is -2.65. The molecule has 0 aromatic heterocycles. The van der Waals surface area contributed by atoms with Crippen molar-refractivity contribution in [3.8, 4) is 0 Å². The molecule has 1 aliphatic carbocycles. The van der Waals surface area contributed by atoms with E-state index in [2.05, 4.69) is 15.9 Å². The van der Waals surface area contributed by atoms with Crippen molar-refractivity contribution < 1.29 is 8.78 Å². The molecule has 0 saturated heterocycles. The van der Waals surface area contributed by atoms with Gasteiger partial charge in [-0.1, -0.05) is 28.1 Å². The van der Waals surface area contributed by atoms with Crippen LogP contribution in [-0.2, 0) is 12.3 Å². The van der Waals surface area contributed by atoms with Gasteiger partial charge in [-0.3, -0.25) is 0 Å². The number of hydrogen-bond acceptors (Lipinski definition) is 0. The molecule has 0 aliphatic heterocycles. The number of halogens is 3. The molecule has 0 saturated carbocycles. The van der Waals surface area contributed by atoms with E-state index in [9.17, 15) is 8.78 Å². The van der Waals surface area contributed by atoms with Gasteiger partial charge in [-0.05, 0) is 24.5 Å². The summed E-state index contributed by atoms with van der Waals surface area (Å²) in [6.45, 7) is 0. The molecular formula is C10H9BrF2. The maximum absolute atomic E-state index is 13.4. The van der Waals surface area contributed by atoms with Crippen LogP contribution in [0.3, 0.4) is 0 Å². The molecule has 1 aromatic carbocycles. The second-order valence-electron chi connectivity index (χ2n) is 3.33. The largest absolute Gasteiger partial charge is 0.274 e. The lowest BCUT2D eigenvalue weighted by molar-refractivity contribution is -0.0224. The van der Waals surface area contributed by atoms with Gasteiger partial charge >= 0.3 is 0 Å². The molecule has 2 rings (SSSR count). The van der Waals surface area contributed by atoms with E-state index in [1.165, 1.54) is 0 Å². The first-order valence-corrected chi connectivity index (χ1v) is 5.06. The highest BCUT2D eigenvalue weighted by Gasteiger charge is 2.37. The Morgan fingerprint density at radius 2 is 2.08 bits per heavy atom.